The van der Waals surface area contributed by atoms with Crippen molar-refractivity contribution in [2.75, 3.05) is 39.3 Å². The maximum absolute atomic E-state index is 13.5. The molecule has 1 atom stereocenters. The first-order valence-electron chi connectivity index (χ1n) is 10.7. The molecule has 1 N–H and O–H groups in total. The van der Waals surface area contributed by atoms with Gasteiger partial charge in [0.2, 0.25) is 0 Å². The largest absolute Gasteiger partial charge is 0.337 e. The summed E-state index contributed by atoms with van der Waals surface area (Å²) in [6.45, 7) is 14.3. The molecule has 1 unspecified atom stereocenters. The Hall–Kier alpha value is -2.18. The lowest BCUT2D eigenvalue weighted by Crippen LogP contribution is -2.49. The van der Waals surface area contributed by atoms with E-state index in [9.17, 15) is 4.79 Å². The Balaban J connectivity index is 1.58. The van der Waals surface area contributed by atoms with Gasteiger partial charge in [0.1, 0.15) is 0 Å². The zero-order chi connectivity index (χ0) is 20.6. The van der Waals surface area contributed by atoms with E-state index in [1.807, 2.05) is 15.8 Å². The van der Waals surface area contributed by atoms with Crippen molar-refractivity contribution < 1.29 is 4.79 Å². The number of hydrogen-bond donors (Lipinski definition) is 1. The molecular weight excluding hydrogens is 362 g/mol. The van der Waals surface area contributed by atoms with Crippen LogP contribution in [0.4, 0.5) is 0 Å². The van der Waals surface area contributed by atoms with Crippen LogP contribution in [0.5, 0.6) is 0 Å². The average molecular weight is 396 g/mol. The molecule has 1 aromatic carbocycles. The number of aromatic nitrogens is 2. The SMILES string of the molecule is Cc1ccc(-n2cc(C(=O)N3CCC(N4CCNCC4)C3)c(C(C)(C)C)n2)cc1. The van der Waals surface area contributed by atoms with Gasteiger partial charge in [-0.2, -0.15) is 5.10 Å². The van der Waals surface area contributed by atoms with Crippen LogP contribution < -0.4 is 5.32 Å². The Kier molecular flexibility index (Phi) is 5.49. The molecule has 6 nitrogen and oxygen atoms in total. The maximum Gasteiger partial charge on any atom is 0.257 e. The van der Waals surface area contributed by atoms with Gasteiger partial charge in [0, 0.05) is 56.9 Å². The van der Waals surface area contributed by atoms with Gasteiger partial charge in [-0.15, -0.1) is 0 Å². The lowest BCUT2D eigenvalue weighted by Gasteiger charge is -2.32. The van der Waals surface area contributed by atoms with Crippen LogP contribution in [-0.4, -0.2) is 70.8 Å². The minimum Gasteiger partial charge on any atom is -0.337 e. The number of amides is 1. The van der Waals surface area contributed by atoms with Gasteiger partial charge in [0.15, 0.2) is 0 Å². The molecule has 29 heavy (non-hydrogen) atoms. The first-order chi connectivity index (χ1) is 13.8. The number of nitrogens with zero attached hydrogens (tertiary/aromatic N) is 4. The minimum atomic E-state index is -0.196. The average Bonchev–Trinajstić information content (AvgIpc) is 3.36. The molecule has 4 rings (SSSR count). The van der Waals surface area contributed by atoms with Crippen LogP contribution in [0.25, 0.3) is 5.69 Å². The number of carbonyl (C=O) groups excluding carboxylic acids is 1. The highest BCUT2D eigenvalue weighted by Crippen LogP contribution is 2.28. The van der Waals surface area contributed by atoms with Crippen LogP contribution in [0.3, 0.4) is 0 Å². The number of hydrogen-bond acceptors (Lipinski definition) is 4. The van der Waals surface area contributed by atoms with Gasteiger partial charge in [-0.3, -0.25) is 9.69 Å². The fraction of sp³-hybridized carbons (Fsp3) is 0.565. The van der Waals surface area contributed by atoms with E-state index in [2.05, 4.69) is 62.2 Å². The normalized spacial score (nSPS) is 21.0. The number of benzene rings is 1. The Labute approximate surface area is 173 Å². The van der Waals surface area contributed by atoms with Crippen molar-refractivity contribution >= 4 is 5.91 Å². The summed E-state index contributed by atoms with van der Waals surface area (Å²) in [7, 11) is 0. The molecule has 0 bridgehead atoms. The third-order valence-electron chi connectivity index (χ3n) is 6.07. The Morgan fingerprint density at radius 3 is 2.45 bits per heavy atom. The molecule has 1 amide bonds. The molecule has 2 aromatic rings. The molecule has 2 aliphatic rings. The zero-order valence-electron chi connectivity index (χ0n) is 18.1. The van der Waals surface area contributed by atoms with Crippen molar-refractivity contribution in [3.05, 3.63) is 47.3 Å². The van der Waals surface area contributed by atoms with Gasteiger partial charge < -0.3 is 10.2 Å². The molecule has 2 fully saturated rings. The zero-order valence-corrected chi connectivity index (χ0v) is 18.1. The highest BCUT2D eigenvalue weighted by Gasteiger charge is 2.34. The Morgan fingerprint density at radius 1 is 1.10 bits per heavy atom. The fourth-order valence-electron chi connectivity index (χ4n) is 4.36. The van der Waals surface area contributed by atoms with E-state index in [4.69, 9.17) is 5.10 Å². The van der Waals surface area contributed by atoms with Gasteiger partial charge in [0.05, 0.1) is 16.9 Å². The topological polar surface area (TPSA) is 53.4 Å². The second-order valence-corrected chi connectivity index (χ2v) is 9.40. The summed E-state index contributed by atoms with van der Waals surface area (Å²) < 4.78 is 1.86. The molecule has 2 aliphatic heterocycles. The molecule has 156 valence electrons. The summed E-state index contributed by atoms with van der Waals surface area (Å²) in [5, 5.41) is 8.24. The van der Waals surface area contributed by atoms with Crippen molar-refractivity contribution in [2.45, 2.75) is 45.6 Å². The van der Waals surface area contributed by atoms with E-state index in [-0.39, 0.29) is 11.3 Å². The predicted molar refractivity (Wildman–Crippen MR) is 116 cm³/mol. The number of aryl methyl sites for hydroxylation is 1. The molecular formula is C23H33N5O. The van der Waals surface area contributed by atoms with E-state index >= 15 is 0 Å². The number of carbonyl (C=O) groups is 1. The van der Waals surface area contributed by atoms with Crippen molar-refractivity contribution in [1.82, 2.24) is 24.9 Å². The molecule has 0 spiro atoms. The van der Waals surface area contributed by atoms with Crippen molar-refractivity contribution in [3.63, 3.8) is 0 Å². The first kappa shape index (κ1) is 20.1. The van der Waals surface area contributed by atoms with Crippen LogP contribution in [0, 0.1) is 6.92 Å². The van der Waals surface area contributed by atoms with Crippen molar-refractivity contribution in [2.24, 2.45) is 0 Å². The molecule has 2 saturated heterocycles. The van der Waals surface area contributed by atoms with E-state index < -0.39 is 0 Å². The summed E-state index contributed by atoms with van der Waals surface area (Å²) in [6.07, 6.45) is 2.98. The van der Waals surface area contributed by atoms with Crippen LogP contribution in [0.15, 0.2) is 30.5 Å². The minimum absolute atomic E-state index is 0.117. The second kappa shape index (κ2) is 7.92. The summed E-state index contributed by atoms with van der Waals surface area (Å²) >= 11 is 0. The quantitative estimate of drug-likeness (QED) is 0.868. The molecule has 6 heteroatoms. The summed E-state index contributed by atoms with van der Waals surface area (Å²) in [5.74, 6) is 0.117. The number of likely N-dealkylation sites (tertiary alicyclic amines) is 1. The van der Waals surface area contributed by atoms with Crippen molar-refractivity contribution in [1.29, 1.82) is 0 Å². The second-order valence-electron chi connectivity index (χ2n) is 9.40. The van der Waals surface area contributed by atoms with Crippen LogP contribution in [0.2, 0.25) is 0 Å². The van der Waals surface area contributed by atoms with Gasteiger partial charge in [-0.25, -0.2) is 4.68 Å². The van der Waals surface area contributed by atoms with Crippen LogP contribution >= 0.6 is 0 Å². The van der Waals surface area contributed by atoms with E-state index in [0.717, 1.165) is 62.6 Å². The number of nitrogens with one attached hydrogen (secondary N) is 1. The van der Waals surface area contributed by atoms with E-state index in [1.54, 1.807) is 0 Å². The highest BCUT2D eigenvalue weighted by molar-refractivity contribution is 5.95. The lowest BCUT2D eigenvalue weighted by atomic mass is 9.89. The summed E-state index contributed by atoms with van der Waals surface area (Å²) in [4.78, 5) is 18.0. The standard InChI is InChI=1S/C23H33N5O/c1-17-5-7-18(8-6-17)28-16-20(21(25-28)23(2,3)4)22(29)27-12-9-19(15-27)26-13-10-24-11-14-26/h5-8,16,19,24H,9-15H2,1-4H3. The van der Waals surface area contributed by atoms with Crippen LogP contribution in [0.1, 0.15) is 48.8 Å². The molecule has 0 saturated carbocycles. The third-order valence-corrected chi connectivity index (χ3v) is 6.07. The fourth-order valence-corrected chi connectivity index (χ4v) is 4.36. The Bertz CT molecular complexity index is 858. The van der Waals surface area contributed by atoms with Gasteiger partial charge >= 0.3 is 0 Å². The highest BCUT2D eigenvalue weighted by atomic mass is 16.2. The number of piperazine rings is 1. The number of rotatable bonds is 3. The van der Waals surface area contributed by atoms with E-state index in [0.29, 0.717) is 6.04 Å². The molecule has 1 aromatic heterocycles. The lowest BCUT2D eigenvalue weighted by molar-refractivity contribution is 0.0771. The predicted octanol–water partition coefficient (Wildman–Crippen LogP) is 2.60. The summed E-state index contributed by atoms with van der Waals surface area (Å²) in [5.41, 5.74) is 3.61. The van der Waals surface area contributed by atoms with Crippen molar-refractivity contribution in [3.8, 4) is 5.69 Å². The van der Waals surface area contributed by atoms with Gasteiger partial charge in [0.25, 0.3) is 5.91 Å². The molecule has 0 aliphatic carbocycles. The van der Waals surface area contributed by atoms with Gasteiger partial charge in [-0.1, -0.05) is 38.5 Å². The Morgan fingerprint density at radius 2 is 1.79 bits per heavy atom. The third kappa shape index (κ3) is 4.23. The monoisotopic (exact) mass is 395 g/mol. The summed E-state index contributed by atoms with van der Waals surface area (Å²) in [6, 6.07) is 8.74. The maximum atomic E-state index is 13.5. The smallest absolute Gasteiger partial charge is 0.257 e. The first-order valence-corrected chi connectivity index (χ1v) is 10.7. The van der Waals surface area contributed by atoms with E-state index in [1.165, 1.54) is 5.56 Å². The van der Waals surface area contributed by atoms with Crippen LogP contribution in [-0.2, 0) is 5.41 Å². The van der Waals surface area contributed by atoms with Gasteiger partial charge in [-0.05, 0) is 25.5 Å². The molecule has 3 heterocycles. The molecule has 0 radical (unpaired) electrons.